The van der Waals surface area contributed by atoms with E-state index in [1.165, 1.54) is 5.56 Å². The summed E-state index contributed by atoms with van der Waals surface area (Å²) in [7, 11) is 0. The molecule has 2 aromatic carbocycles. The van der Waals surface area contributed by atoms with E-state index in [1.807, 2.05) is 47.4 Å². The van der Waals surface area contributed by atoms with Crippen LogP contribution in [0.25, 0.3) is 11.8 Å². The van der Waals surface area contributed by atoms with Gasteiger partial charge in [0.25, 0.3) is 5.91 Å². The topological polar surface area (TPSA) is 41.4 Å². The average molecular weight is 407 g/mol. The number of hydrogen-bond acceptors (Lipinski definition) is 3. The molecule has 1 aliphatic heterocycles. The Labute approximate surface area is 175 Å². The fourth-order valence-electron chi connectivity index (χ4n) is 3.40. The monoisotopic (exact) mass is 406 g/mol. The molecule has 0 saturated carbocycles. The fraction of sp³-hybridized carbons (Fsp3) is 0.217. The highest BCUT2D eigenvalue weighted by molar-refractivity contribution is 6.30. The van der Waals surface area contributed by atoms with Crippen LogP contribution in [-0.4, -0.2) is 58.2 Å². The minimum absolute atomic E-state index is 0.0229. The Morgan fingerprint density at radius 1 is 1.00 bits per heavy atom. The van der Waals surface area contributed by atoms with Crippen LogP contribution in [0, 0.1) is 0 Å². The molecule has 148 valence electrons. The molecule has 0 spiro atoms. The maximum atomic E-state index is 12.8. The molecule has 0 aliphatic carbocycles. The van der Waals surface area contributed by atoms with Gasteiger partial charge in [0.1, 0.15) is 0 Å². The summed E-state index contributed by atoms with van der Waals surface area (Å²) in [6, 6.07) is 19.5. The van der Waals surface area contributed by atoms with Crippen molar-refractivity contribution in [3.8, 4) is 5.69 Å². The van der Waals surface area contributed by atoms with Gasteiger partial charge in [0.05, 0.1) is 5.69 Å². The molecule has 1 aromatic heterocycles. The van der Waals surface area contributed by atoms with Gasteiger partial charge in [0.2, 0.25) is 0 Å². The molecule has 1 saturated heterocycles. The molecule has 1 fully saturated rings. The van der Waals surface area contributed by atoms with Crippen LogP contribution >= 0.6 is 11.6 Å². The van der Waals surface area contributed by atoms with Crippen LogP contribution in [0.1, 0.15) is 16.1 Å². The molecule has 0 atom stereocenters. The largest absolute Gasteiger partial charge is 0.335 e. The number of benzene rings is 2. The summed E-state index contributed by atoms with van der Waals surface area (Å²) in [5.74, 6) is -0.0229. The Morgan fingerprint density at radius 3 is 2.55 bits per heavy atom. The molecule has 29 heavy (non-hydrogen) atoms. The van der Waals surface area contributed by atoms with Crippen LogP contribution in [0.5, 0.6) is 0 Å². The van der Waals surface area contributed by atoms with Gasteiger partial charge in [-0.15, -0.1) is 0 Å². The molecule has 0 bridgehead atoms. The van der Waals surface area contributed by atoms with Crippen LogP contribution in [0.3, 0.4) is 0 Å². The summed E-state index contributed by atoms with van der Waals surface area (Å²) in [6.07, 6.45) is 6.11. The van der Waals surface area contributed by atoms with Gasteiger partial charge in [-0.25, -0.2) is 4.68 Å². The zero-order valence-corrected chi connectivity index (χ0v) is 16.9. The smallest absolute Gasteiger partial charge is 0.274 e. The second-order valence-corrected chi connectivity index (χ2v) is 7.47. The van der Waals surface area contributed by atoms with Crippen LogP contribution < -0.4 is 0 Å². The van der Waals surface area contributed by atoms with Crippen LogP contribution in [0.15, 0.2) is 72.9 Å². The SMILES string of the molecule is O=C(c1ccn(-c2cccc(Cl)c2)n1)N1CCN(CC=Cc2ccccc2)CC1. The molecule has 0 radical (unpaired) electrons. The molecule has 0 N–H and O–H groups in total. The predicted molar refractivity (Wildman–Crippen MR) is 116 cm³/mol. The second-order valence-electron chi connectivity index (χ2n) is 7.03. The van der Waals surface area contributed by atoms with Crippen molar-refractivity contribution in [2.24, 2.45) is 0 Å². The summed E-state index contributed by atoms with van der Waals surface area (Å²) >= 11 is 6.04. The lowest BCUT2D eigenvalue weighted by molar-refractivity contribution is 0.0644. The lowest BCUT2D eigenvalue weighted by Crippen LogP contribution is -2.48. The van der Waals surface area contributed by atoms with Gasteiger partial charge in [-0.05, 0) is 29.8 Å². The summed E-state index contributed by atoms with van der Waals surface area (Å²) in [4.78, 5) is 17.0. The Kier molecular flexibility index (Phi) is 6.08. The van der Waals surface area contributed by atoms with Crippen molar-refractivity contribution in [1.29, 1.82) is 0 Å². The lowest BCUT2D eigenvalue weighted by atomic mass is 10.2. The first-order valence-electron chi connectivity index (χ1n) is 9.74. The molecule has 0 unspecified atom stereocenters. The number of amides is 1. The molecule has 1 amide bonds. The molecule has 3 aromatic rings. The fourth-order valence-corrected chi connectivity index (χ4v) is 3.58. The number of halogens is 1. The van der Waals surface area contributed by atoms with Gasteiger partial charge in [-0.1, -0.05) is 60.2 Å². The minimum atomic E-state index is -0.0229. The van der Waals surface area contributed by atoms with Gasteiger partial charge >= 0.3 is 0 Å². The number of rotatable bonds is 5. The molecule has 6 heteroatoms. The van der Waals surface area contributed by atoms with E-state index in [4.69, 9.17) is 11.6 Å². The van der Waals surface area contributed by atoms with E-state index >= 15 is 0 Å². The molecule has 2 heterocycles. The maximum absolute atomic E-state index is 12.8. The number of carbonyl (C=O) groups is 1. The molecule has 1 aliphatic rings. The second kappa shape index (κ2) is 9.07. The zero-order valence-electron chi connectivity index (χ0n) is 16.1. The molecular weight excluding hydrogens is 384 g/mol. The lowest BCUT2D eigenvalue weighted by Gasteiger charge is -2.33. The van der Waals surface area contributed by atoms with E-state index in [0.717, 1.165) is 25.3 Å². The standard InChI is InChI=1S/C23H23ClN4O/c24-20-9-4-10-21(18-20)28-13-11-22(25-28)23(29)27-16-14-26(15-17-27)12-5-8-19-6-2-1-3-7-19/h1-11,13,18H,12,14-17H2. The van der Waals surface area contributed by atoms with Crippen molar-refractivity contribution >= 4 is 23.6 Å². The third kappa shape index (κ3) is 4.94. The van der Waals surface area contributed by atoms with Crippen molar-refractivity contribution in [2.75, 3.05) is 32.7 Å². The van der Waals surface area contributed by atoms with E-state index < -0.39 is 0 Å². The van der Waals surface area contributed by atoms with Gasteiger partial charge in [-0.2, -0.15) is 5.10 Å². The minimum Gasteiger partial charge on any atom is -0.335 e. The highest BCUT2D eigenvalue weighted by Crippen LogP contribution is 2.15. The Balaban J connectivity index is 1.31. The van der Waals surface area contributed by atoms with Crippen LogP contribution in [0.2, 0.25) is 5.02 Å². The average Bonchev–Trinajstić information content (AvgIpc) is 3.25. The molecule has 5 nitrogen and oxygen atoms in total. The zero-order chi connectivity index (χ0) is 20.1. The summed E-state index contributed by atoms with van der Waals surface area (Å²) < 4.78 is 1.68. The predicted octanol–water partition coefficient (Wildman–Crippen LogP) is 4.00. The number of carbonyl (C=O) groups excluding carboxylic acids is 1. The first-order chi connectivity index (χ1) is 14.2. The van der Waals surface area contributed by atoms with Crippen molar-refractivity contribution in [1.82, 2.24) is 19.6 Å². The van der Waals surface area contributed by atoms with Crippen LogP contribution in [-0.2, 0) is 0 Å². The van der Waals surface area contributed by atoms with Crippen LogP contribution in [0.4, 0.5) is 0 Å². The van der Waals surface area contributed by atoms with E-state index in [1.54, 1.807) is 16.9 Å². The first kappa shape index (κ1) is 19.4. The van der Waals surface area contributed by atoms with Crippen molar-refractivity contribution < 1.29 is 4.79 Å². The first-order valence-corrected chi connectivity index (χ1v) is 10.1. The van der Waals surface area contributed by atoms with Gasteiger partial charge in [-0.3, -0.25) is 9.69 Å². The number of nitrogens with zero attached hydrogens (tertiary/aromatic N) is 4. The highest BCUT2D eigenvalue weighted by atomic mass is 35.5. The van der Waals surface area contributed by atoms with Gasteiger partial charge < -0.3 is 4.90 Å². The van der Waals surface area contributed by atoms with Crippen molar-refractivity contribution in [3.05, 3.63) is 89.2 Å². The van der Waals surface area contributed by atoms with Gasteiger partial charge in [0, 0.05) is 43.9 Å². The normalized spacial score (nSPS) is 15.1. The summed E-state index contributed by atoms with van der Waals surface area (Å²) in [5.41, 5.74) is 2.51. The third-order valence-electron chi connectivity index (χ3n) is 5.01. The molecule has 4 rings (SSSR count). The number of aromatic nitrogens is 2. The van der Waals surface area contributed by atoms with Gasteiger partial charge in [0.15, 0.2) is 5.69 Å². The quantitative estimate of drug-likeness (QED) is 0.643. The molecular formula is C23H23ClN4O. The van der Waals surface area contributed by atoms with Crippen molar-refractivity contribution in [2.45, 2.75) is 0 Å². The number of piperazine rings is 1. The van der Waals surface area contributed by atoms with Crippen molar-refractivity contribution in [3.63, 3.8) is 0 Å². The summed E-state index contributed by atoms with van der Waals surface area (Å²) in [6.45, 7) is 4.03. The Morgan fingerprint density at radius 2 is 1.79 bits per heavy atom. The Bertz CT molecular complexity index is 991. The van der Waals surface area contributed by atoms with E-state index in [9.17, 15) is 4.79 Å². The number of hydrogen-bond donors (Lipinski definition) is 0. The van der Waals surface area contributed by atoms with E-state index in [2.05, 4.69) is 34.3 Å². The van der Waals surface area contributed by atoms with E-state index in [0.29, 0.717) is 23.8 Å². The van der Waals surface area contributed by atoms with E-state index in [-0.39, 0.29) is 5.91 Å². The highest BCUT2D eigenvalue weighted by Gasteiger charge is 2.23. The summed E-state index contributed by atoms with van der Waals surface area (Å²) in [5, 5.41) is 5.08. The maximum Gasteiger partial charge on any atom is 0.274 e. The third-order valence-corrected chi connectivity index (χ3v) is 5.25. The Hall–Kier alpha value is -2.89.